The fourth-order valence-corrected chi connectivity index (χ4v) is 1.75. The average Bonchev–Trinajstić information content (AvgIpc) is 2.42. The van der Waals surface area contributed by atoms with Crippen LogP contribution in [0.2, 0.25) is 0 Å². The quantitative estimate of drug-likeness (QED) is 0.780. The molecule has 0 saturated carbocycles. The molecule has 1 atom stereocenters. The van der Waals surface area contributed by atoms with Crippen LogP contribution in [-0.4, -0.2) is 24.4 Å². The lowest BCUT2D eigenvalue weighted by Crippen LogP contribution is -2.49. The summed E-state index contributed by atoms with van der Waals surface area (Å²) in [4.78, 5) is 24.1. The molecular weight excluding hydrogens is 252 g/mol. The third kappa shape index (κ3) is 4.53. The highest BCUT2D eigenvalue weighted by Gasteiger charge is 2.24. The average molecular weight is 274 g/mol. The number of hydrogen-bond donors (Lipinski definition) is 2. The van der Waals surface area contributed by atoms with Crippen molar-refractivity contribution in [3.63, 3.8) is 0 Å². The molecule has 2 amide bonds. The summed E-state index contributed by atoms with van der Waals surface area (Å²) in [7, 11) is 0. The third-order valence-corrected chi connectivity index (χ3v) is 2.97. The number of amides is 2. The minimum Gasteiger partial charge on any atom is -0.351 e. The lowest BCUT2D eigenvalue weighted by molar-refractivity contribution is -0.123. The highest BCUT2D eigenvalue weighted by Crippen LogP contribution is 2.06. The number of aryl methyl sites for hydroxylation is 1. The van der Waals surface area contributed by atoms with Gasteiger partial charge in [0, 0.05) is 12.1 Å². The van der Waals surface area contributed by atoms with Crippen LogP contribution in [0, 0.1) is 12.8 Å². The van der Waals surface area contributed by atoms with E-state index in [-0.39, 0.29) is 17.7 Å². The molecule has 4 heteroatoms. The van der Waals surface area contributed by atoms with Crippen LogP contribution in [-0.2, 0) is 4.79 Å². The summed E-state index contributed by atoms with van der Waals surface area (Å²) in [5.74, 6) is -0.424. The van der Waals surface area contributed by atoms with Gasteiger partial charge in [0.15, 0.2) is 0 Å². The SMILES string of the molecule is C=CCNC(=O)C(NC(=O)c1ccc(C)cc1)C(C)C. The Morgan fingerprint density at radius 1 is 1.25 bits per heavy atom. The molecule has 20 heavy (non-hydrogen) atoms. The summed E-state index contributed by atoms with van der Waals surface area (Å²) in [6.45, 7) is 9.70. The summed E-state index contributed by atoms with van der Waals surface area (Å²) in [6.07, 6.45) is 1.61. The Bertz CT molecular complexity index is 478. The summed E-state index contributed by atoms with van der Waals surface area (Å²) in [5, 5.41) is 5.48. The maximum Gasteiger partial charge on any atom is 0.251 e. The predicted molar refractivity (Wildman–Crippen MR) is 80.5 cm³/mol. The van der Waals surface area contributed by atoms with Crippen molar-refractivity contribution in [3.8, 4) is 0 Å². The Hall–Kier alpha value is -2.10. The fourth-order valence-electron chi connectivity index (χ4n) is 1.75. The number of carbonyl (C=O) groups excluding carboxylic acids is 2. The number of benzene rings is 1. The predicted octanol–water partition coefficient (Wildman–Crippen LogP) is 2.05. The van der Waals surface area contributed by atoms with Gasteiger partial charge in [0.25, 0.3) is 5.91 Å². The van der Waals surface area contributed by atoms with Gasteiger partial charge < -0.3 is 10.6 Å². The van der Waals surface area contributed by atoms with Crippen molar-refractivity contribution in [2.24, 2.45) is 5.92 Å². The molecule has 1 aromatic carbocycles. The molecule has 0 heterocycles. The monoisotopic (exact) mass is 274 g/mol. The van der Waals surface area contributed by atoms with E-state index in [9.17, 15) is 9.59 Å². The van der Waals surface area contributed by atoms with Crippen molar-refractivity contribution >= 4 is 11.8 Å². The molecule has 1 aromatic rings. The Balaban J connectivity index is 2.74. The van der Waals surface area contributed by atoms with Gasteiger partial charge in [-0.15, -0.1) is 6.58 Å². The molecule has 0 aliphatic rings. The molecule has 2 N–H and O–H groups in total. The second kappa shape index (κ2) is 7.48. The van der Waals surface area contributed by atoms with E-state index in [1.807, 2.05) is 32.9 Å². The van der Waals surface area contributed by atoms with Gasteiger partial charge in [-0.05, 0) is 25.0 Å². The highest BCUT2D eigenvalue weighted by molar-refractivity contribution is 5.97. The molecule has 1 unspecified atom stereocenters. The zero-order chi connectivity index (χ0) is 15.1. The van der Waals surface area contributed by atoms with Crippen LogP contribution in [0.3, 0.4) is 0 Å². The van der Waals surface area contributed by atoms with E-state index >= 15 is 0 Å². The Labute approximate surface area is 120 Å². The molecule has 0 radical (unpaired) electrons. The van der Waals surface area contributed by atoms with E-state index < -0.39 is 6.04 Å². The lowest BCUT2D eigenvalue weighted by atomic mass is 10.0. The fraction of sp³-hybridized carbons (Fsp3) is 0.375. The second-order valence-corrected chi connectivity index (χ2v) is 5.10. The van der Waals surface area contributed by atoms with Gasteiger partial charge in [-0.2, -0.15) is 0 Å². The smallest absolute Gasteiger partial charge is 0.251 e. The largest absolute Gasteiger partial charge is 0.351 e. The van der Waals surface area contributed by atoms with Crippen LogP contribution in [0.4, 0.5) is 0 Å². The number of carbonyl (C=O) groups is 2. The van der Waals surface area contributed by atoms with E-state index in [2.05, 4.69) is 17.2 Å². The normalized spacial score (nSPS) is 11.8. The van der Waals surface area contributed by atoms with Gasteiger partial charge in [-0.3, -0.25) is 9.59 Å². The van der Waals surface area contributed by atoms with Crippen LogP contribution < -0.4 is 10.6 Å². The zero-order valence-electron chi connectivity index (χ0n) is 12.3. The van der Waals surface area contributed by atoms with Crippen molar-refractivity contribution in [3.05, 3.63) is 48.0 Å². The molecule has 1 rings (SSSR count). The molecule has 0 spiro atoms. The zero-order valence-corrected chi connectivity index (χ0v) is 12.3. The van der Waals surface area contributed by atoms with Gasteiger partial charge in [0.1, 0.15) is 6.04 Å². The molecule has 108 valence electrons. The maximum atomic E-state index is 12.1. The van der Waals surface area contributed by atoms with Crippen LogP contribution in [0.1, 0.15) is 29.8 Å². The first kappa shape index (κ1) is 16.0. The van der Waals surface area contributed by atoms with Crippen molar-refractivity contribution < 1.29 is 9.59 Å². The molecular formula is C16H22N2O2. The molecule has 0 aromatic heterocycles. The van der Waals surface area contributed by atoms with Crippen molar-refractivity contribution in [2.45, 2.75) is 26.8 Å². The first-order chi connectivity index (χ1) is 9.45. The molecule has 0 saturated heterocycles. The maximum absolute atomic E-state index is 12.1. The summed E-state index contributed by atoms with van der Waals surface area (Å²) in [5.41, 5.74) is 1.64. The third-order valence-electron chi connectivity index (χ3n) is 2.97. The van der Waals surface area contributed by atoms with E-state index in [1.165, 1.54) is 0 Å². The molecule has 0 fully saturated rings. The van der Waals surface area contributed by atoms with Gasteiger partial charge in [0.05, 0.1) is 0 Å². The minimum atomic E-state index is -0.552. The first-order valence-electron chi connectivity index (χ1n) is 6.72. The topological polar surface area (TPSA) is 58.2 Å². The van der Waals surface area contributed by atoms with Gasteiger partial charge >= 0.3 is 0 Å². The highest BCUT2D eigenvalue weighted by atomic mass is 16.2. The van der Waals surface area contributed by atoms with Gasteiger partial charge in [0.2, 0.25) is 5.91 Å². The van der Waals surface area contributed by atoms with Gasteiger partial charge in [-0.25, -0.2) is 0 Å². The second-order valence-electron chi connectivity index (χ2n) is 5.10. The molecule has 0 bridgehead atoms. The van der Waals surface area contributed by atoms with Crippen molar-refractivity contribution in [1.82, 2.24) is 10.6 Å². The number of rotatable bonds is 6. The summed E-state index contributed by atoms with van der Waals surface area (Å²) in [6, 6.07) is 6.70. The van der Waals surface area contributed by atoms with E-state index in [0.29, 0.717) is 12.1 Å². The molecule has 0 aliphatic heterocycles. The number of hydrogen-bond acceptors (Lipinski definition) is 2. The number of nitrogens with one attached hydrogen (secondary N) is 2. The summed E-state index contributed by atoms with van der Waals surface area (Å²) < 4.78 is 0. The van der Waals surface area contributed by atoms with E-state index in [4.69, 9.17) is 0 Å². The van der Waals surface area contributed by atoms with Crippen molar-refractivity contribution in [2.75, 3.05) is 6.54 Å². The van der Waals surface area contributed by atoms with Gasteiger partial charge in [-0.1, -0.05) is 37.6 Å². The molecule has 0 aliphatic carbocycles. The minimum absolute atomic E-state index is 0.00853. The standard InChI is InChI=1S/C16H22N2O2/c1-5-10-17-16(20)14(11(2)3)18-15(19)13-8-6-12(4)7-9-13/h5-9,11,14H,1,10H2,2-4H3,(H,17,20)(H,18,19). The Morgan fingerprint density at radius 2 is 1.85 bits per heavy atom. The Morgan fingerprint density at radius 3 is 2.35 bits per heavy atom. The van der Waals surface area contributed by atoms with Crippen LogP contribution in [0.5, 0.6) is 0 Å². The van der Waals surface area contributed by atoms with Crippen molar-refractivity contribution in [1.29, 1.82) is 0 Å². The molecule has 4 nitrogen and oxygen atoms in total. The van der Waals surface area contributed by atoms with E-state index in [1.54, 1.807) is 18.2 Å². The first-order valence-corrected chi connectivity index (χ1v) is 6.72. The summed E-state index contributed by atoms with van der Waals surface area (Å²) >= 11 is 0. The van der Waals surface area contributed by atoms with E-state index in [0.717, 1.165) is 5.56 Å². The van der Waals surface area contributed by atoms with Crippen LogP contribution >= 0.6 is 0 Å². The van der Waals surface area contributed by atoms with Crippen LogP contribution in [0.15, 0.2) is 36.9 Å². The lowest BCUT2D eigenvalue weighted by Gasteiger charge is -2.21. The Kier molecular flexibility index (Phi) is 5.97. The van der Waals surface area contributed by atoms with Crippen LogP contribution in [0.25, 0.3) is 0 Å².